The number of H-pyrrole nitrogens is 1. The molecule has 1 saturated heterocycles. The molecule has 188 valence electrons. The van der Waals surface area contributed by atoms with E-state index in [2.05, 4.69) is 26.7 Å². The van der Waals surface area contributed by atoms with E-state index in [1.165, 1.54) is 7.05 Å². The number of amides is 1. The third-order valence-corrected chi connectivity index (χ3v) is 6.48. The zero-order valence-electron chi connectivity index (χ0n) is 20.1. The van der Waals surface area contributed by atoms with Crippen LogP contribution >= 0.6 is 11.6 Å². The van der Waals surface area contributed by atoms with E-state index in [1.54, 1.807) is 30.3 Å². The SMILES string of the molecule is CNC(=O)COc1cc2cc(Nc3nc(N4CC(C)C(F)C(C)C4)c(C#N)cc3Cl)ccc2[nH]c1=O. The molecule has 2 unspecified atom stereocenters. The summed E-state index contributed by atoms with van der Waals surface area (Å²) >= 11 is 6.44. The molecule has 1 aliphatic rings. The first kappa shape index (κ1) is 25.3. The number of carbonyl (C=O) groups is 1. The van der Waals surface area contributed by atoms with Gasteiger partial charge < -0.3 is 25.3 Å². The molecule has 2 atom stereocenters. The number of hydrogen-bond acceptors (Lipinski definition) is 7. The fourth-order valence-corrected chi connectivity index (χ4v) is 4.52. The quantitative estimate of drug-likeness (QED) is 0.459. The average Bonchev–Trinajstić information content (AvgIpc) is 2.86. The van der Waals surface area contributed by atoms with E-state index in [0.29, 0.717) is 46.9 Å². The number of halogens is 2. The molecule has 3 N–H and O–H groups in total. The molecule has 9 nitrogen and oxygen atoms in total. The number of nitrogens with one attached hydrogen (secondary N) is 3. The van der Waals surface area contributed by atoms with Crippen molar-refractivity contribution in [3.8, 4) is 11.8 Å². The van der Waals surface area contributed by atoms with Crippen molar-refractivity contribution in [1.29, 1.82) is 5.26 Å². The van der Waals surface area contributed by atoms with Crippen LogP contribution < -0.4 is 25.8 Å². The van der Waals surface area contributed by atoms with Gasteiger partial charge in [-0.1, -0.05) is 25.4 Å². The lowest BCUT2D eigenvalue weighted by Gasteiger charge is -2.38. The van der Waals surface area contributed by atoms with Gasteiger partial charge in [-0.3, -0.25) is 9.59 Å². The molecule has 1 aliphatic heterocycles. The topological polar surface area (TPSA) is 123 Å². The minimum Gasteiger partial charge on any atom is -0.478 e. The van der Waals surface area contributed by atoms with Crippen molar-refractivity contribution < 1.29 is 13.9 Å². The number of nitriles is 1. The van der Waals surface area contributed by atoms with Crippen molar-refractivity contribution in [3.63, 3.8) is 0 Å². The Bertz CT molecular complexity index is 1390. The second-order valence-electron chi connectivity index (χ2n) is 8.96. The highest BCUT2D eigenvalue weighted by molar-refractivity contribution is 6.33. The molecule has 0 radical (unpaired) electrons. The Hall–Kier alpha value is -3.84. The first-order valence-electron chi connectivity index (χ1n) is 11.5. The molecule has 2 aromatic heterocycles. The molecule has 0 aliphatic carbocycles. The summed E-state index contributed by atoms with van der Waals surface area (Å²) in [5.41, 5.74) is 1.07. The van der Waals surface area contributed by atoms with E-state index in [1.807, 2.05) is 18.7 Å². The van der Waals surface area contributed by atoms with Crippen molar-refractivity contribution in [2.45, 2.75) is 20.0 Å². The fourth-order valence-electron chi connectivity index (χ4n) is 4.32. The lowest BCUT2D eigenvalue weighted by molar-refractivity contribution is -0.122. The van der Waals surface area contributed by atoms with Crippen LogP contribution in [-0.4, -0.2) is 48.8 Å². The summed E-state index contributed by atoms with van der Waals surface area (Å²) in [5.74, 6) is 0.0489. The Kier molecular flexibility index (Phi) is 7.31. The van der Waals surface area contributed by atoms with E-state index in [4.69, 9.17) is 16.3 Å². The number of alkyl halides is 1. The Labute approximate surface area is 212 Å². The van der Waals surface area contributed by atoms with Gasteiger partial charge in [-0.15, -0.1) is 0 Å². The number of nitrogens with zero attached hydrogens (tertiary/aromatic N) is 3. The zero-order chi connectivity index (χ0) is 26.0. The molecule has 1 aromatic carbocycles. The van der Waals surface area contributed by atoms with Gasteiger partial charge in [0, 0.05) is 48.6 Å². The van der Waals surface area contributed by atoms with Crippen LogP contribution in [0.4, 0.5) is 21.7 Å². The molecule has 1 fully saturated rings. The number of aromatic nitrogens is 2. The molecular weight excluding hydrogens is 487 g/mol. The van der Waals surface area contributed by atoms with Crippen LogP contribution in [0.5, 0.6) is 5.75 Å². The minimum atomic E-state index is -0.911. The van der Waals surface area contributed by atoms with Gasteiger partial charge in [-0.05, 0) is 30.3 Å². The molecule has 3 heterocycles. The Morgan fingerprint density at radius 3 is 2.69 bits per heavy atom. The number of anilines is 3. The second-order valence-corrected chi connectivity index (χ2v) is 9.36. The summed E-state index contributed by atoms with van der Waals surface area (Å²) in [6.07, 6.45) is -0.911. The van der Waals surface area contributed by atoms with E-state index in [-0.39, 0.29) is 35.1 Å². The molecule has 4 rings (SSSR count). The Morgan fingerprint density at radius 2 is 2.03 bits per heavy atom. The Morgan fingerprint density at radius 1 is 1.31 bits per heavy atom. The summed E-state index contributed by atoms with van der Waals surface area (Å²) in [7, 11) is 1.48. The number of aromatic amines is 1. The normalized spacial score (nSPS) is 19.6. The average molecular weight is 513 g/mol. The number of ether oxygens (including phenoxy) is 1. The van der Waals surface area contributed by atoms with Gasteiger partial charge in [0.25, 0.3) is 11.5 Å². The van der Waals surface area contributed by atoms with Gasteiger partial charge in [0.1, 0.15) is 18.1 Å². The van der Waals surface area contributed by atoms with E-state index in [0.717, 1.165) is 0 Å². The molecular formula is C25H26ClFN6O3. The van der Waals surface area contributed by atoms with Gasteiger partial charge in [0.2, 0.25) is 0 Å². The maximum Gasteiger partial charge on any atom is 0.290 e. The number of likely N-dealkylation sites (N-methyl/N-ethyl adjacent to an activating group) is 1. The fraction of sp³-hybridized carbons (Fsp3) is 0.360. The second kappa shape index (κ2) is 10.4. The third kappa shape index (κ3) is 5.21. The highest BCUT2D eigenvalue weighted by Gasteiger charge is 2.33. The van der Waals surface area contributed by atoms with Crippen molar-refractivity contribution in [3.05, 3.63) is 51.3 Å². The lowest BCUT2D eigenvalue weighted by atomic mass is 9.89. The van der Waals surface area contributed by atoms with Gasteiger partial charge in [0.05, 0.1) is 10.6 Å². The summed E-state index contributed by atoms with van der Waals surface area (Å²) < 4.78 is 19.7. The summed E-state index contributed by atoms with van der Waals surface area (Å²) in [6, 6.07) is 10.5. The van der Waals surface area contributed by atoms with Crippen molar-refractivity contribution in [2.24, 2.45) is 11.8 Å². The van der Waals surface area contributed by atoms with Crippen LogP contribution in [-0.2, 0) is 4.79 Å². The molecule has 0 spiro atoms. The highest BCUT2D eigenvalue weighted by Crippen LogP contribution is 2.34. The maximum atomic E-state index is 14.4. The first-order valence-corrected chi connectivity index (χ1v) is 11.8. The smallest absolute Gasteiger partial charge is 0.290 e. The van der Waals surface area contributed by atoms with Crippen molar-refractivity contribution in [2.75, 3.05) is 37.0 Å². The van der Waals surface area contributed by atoms with E-state index >= 15 is 0 Å². The third-order valence-electron chi connectivity index (χ3n) is 6.19. The molecule has 0 bridgehead atoms. The Balaban J connectivity index is 1.64. The van der Waals surface area contributed by atoms with Crippen LogP contribution in [0, 0.1) is 23.2 Å². The van der Waals surface area contributed by atoms with Gasteiger partial charge in [-0.25, -0.2) is 9.37 Å². The van der Waals surface area contributed by atoms with Crippen LogP contribution in [0.25, 0.3) is 10.9 Å². The number of piperidine rings is 1. The van der Waals surface area contributed by atoms with Gasteiger partial charge >= 0.3 is 0 Å². The van der Waals surface area contributed by atoms with Crippen LogP contribution in [0.3, 0.4) is 0 Å². The molecule has 36 heavy (non-hydrogen) atoms. The van der Waals surface area contributed by atoms with Gasteiger partial charge in [0.15, 0.2) is 18.2 Å². The minimum absolute atomic E-state index is 0.0135. The summed E-state index contributed by atoms with van der Waals surface area (Å²) in [6.45, 7) is 4.29. The van der Waals surface area contributed by atoms with Crippen LogP contribution in [0.1, 0.15) is 19.4 Å². The van der Waals surface area contributed by atoms with E-state index < -0.39 is 11.7 Å². The standard InChI is InChI=1S/C25H26ClFN6O3/c1-13-10-33(11-14(2)22(13)27)24-16(9-28)7-18(26)23(32-24)30-17-4-5-19-15(6-17)8-20(25(35)31-19)36-12-21(34)29-3/h4-8,13-14,22H,10-12H2,1-3H3,(H,29,34)(H,30,32)(H,31,35). The number of rotatable bonds is 6. The number of fused-ring (bicyclic) bond motifs is 1. The predicted molar refractivity (Wildman–Crippen MR) is 137 cm³/mol. The molecule has 3 aromatic rings. The largest absolute Gasteiger partial charge is 0.478 e. The predicted octanol–water partition coefficient (Wildman–Crippen LogP) is 3.75. The number of carbonyl (C=O) groups excluding carboxylic acids is 1. The molecule has 1 amide bonds. The van der Waals surface area contributed by atoms with Crippen LogP contribution in [0.2, 0.25) is 5.02 Å². The monoisotopic (exact) mass is 512 g/mol. The van der Waals surface area contributed by atoms with Gasteiger partial charge in [-0.2, -0.15) is 5.26 Å². The summed E-state index contributed by atoms with van der Waals surface area (Å²) in [4.78, 5) is 33.0. The summed E-state index contributed by atoms with van der Waals surface area (Å²) in [5, 5.41) is 16.2. The van der Waals surface area contributed by atoms with Crippen LogP contribution in [0.15, 0.2) is 35.1 Å². The first-order chi connectivity index (χ1) is 17.2. The van der Waals surface area contributed by atoms with Crippen molar-refractivity contribution in [1.82, 2.24) is 15.3 Å². The zero-order valence-corrected chi connectivity index (χ0v) is 20.8. The lowest BCUT2D eigenvalue weighted by Crippen LogP contribution is -2.46. The number of hydrogen-bond donors (Lipinski definition) is 3. The van der Waals surface area contributed by atoms with E-state index in [9.17, 15) is 19.2 Å². The maximum absolute atomic E-state index is 14.4. The molecule has 11 heteroatoms. The highest BCUT2D eigenvalue weighted by atomic mass is 35.5. The number of pyridine rings is 2. The number of benzene rings is 1. The molecule has 0 saturated carbocycles. The van der Waals surface area contributed by atoms with Crippen molar-refractivity contribution >= 4 is 45.7 Å².